The molecule has 6 nitrogen and oxygen atoms in total. The summed E-state index contributed by atoms with van der Waals surface area (Å²) in [5.74, 6) is -0.477. The van der Waals surface area contributed by atoms with Crippen molar-refractivity contribution in [3.8, 4) is 11.4 Å². The number of anilines is 2. The van der Waals surface area contributed by atoms with Gasteiger partial charge in [0, 0.05) is 30.8 Å². The molecule has 4 aromatic rings. The minimum atomic E-state index is -0.238. The Bertz CT molecular complexity index is 1140. The summed E-state index contributed by atoms with van der Waals surface area (Å²) in [6.45, 7) is 0. The van der Waals surface area contributed by atoms with Gasteiger partial charge in [0.2, 0.25) is 0 Å². The van der Waals surface area contributed by atoms with Gasteiger partial charge in [0.05, 0.1) is 0 Å². The molecule has 0 bridgehead atoms. The van der Waals surface area contributed by atoms with Gasteiger partial charge in [0.25, 0.3) is 11.8 Å². The zero-order valence-electron chi connectivity index (χ0n) is 15.1. The van der Waals surface area contributed by atoms with Crippen LogP contribution in [-0.2, 0) is 0 Å². The number of halogens is 2. The minimum Gasteiger partial charge on any atom is -0.298 e. The van der Waals surface area contributed by atoms with E-state index >= 15 is 0 Å². The van der Waals surface area contributed by atoms with Crippen LogP contribution in [0, 0.1) is 0 Å². The van der Waals surface area contributed by atoms with Gasteiger partial charge >= 0.3 is 0 Å². The first kappa shape index (κ1) is 20.9. The molecule has 30 heavy (non-hydrogen) atoms. The number of aromatic nitrogens is 2. The zero-order chi connectivity index (χ0) is 21.1. The van der Waals surface area contributed by atoms with Gasteiger partial charge in [-0.1, -0.05) is 44.0 Å². The van der Waals surface area contributed by atoms with Gasteiger partial charge in [0.1, 0.15) is 11.4 Å². The SMILES string of the molecule is O=C(Nc1nc(-c2csc(NC(=O)c3cccc(Br)c3)n2)cs1)c1cccc(Br)c1. The van der Waals surface area contributed by atoms with Crippen molar-refractivity contribution < 1.29 is 9.59 Å². The standard InChI is InChI=1S/C20H12Br2N4O2S2/c21-13-5-1-3-11(7-13)17(27)25-19-23-15(9-29-19)16-10-30-20(24-16)26-18(28)12-4-2-6-14(22)8-12/h1-10H,(H,23,25,27)(H,24,26,28). The Morgan fingerprint density at radius 1 is 0.733 bits per heavy atom. The van der Waals surface area contributed by atoms with E-state index in [1.54, 1.807) is 36.4 Å². The Morgan fingerprint density at radius 3 is 1.57 bits per heavy atom. The first-order valence-corrected chi connectivity index (χ1v) is 11.9. The van der Waals surface area contributed by atoms with Gasteiger partial charge in [-0.05, 0) is 36.4 Å². The lowest BCUT2D eigenvalue weighted by molar-refractivity contribution is 0.101. The maximum atomic E-state index is 12.4. The topological polar surface area (TPSA) is 84.0 Å². The Morgan fingerprint density at radius 2 is 1.17 bits per heavy atom. The second-order valence-electron chi connectivity index (χ2n) is 6.00. The molecule has 0 saturated carbocycles. The third-order valence-corrected chi connectivity index (χ3v) is 6.39. The van der Waals surface area contributed by atoms with Crippen molar-refractivity contribution in [2.24, 2.45) is 0 Å². The predicted molar refractivity (Wildman–Crippen MR) is 127 cm³/mol. The van der Waals surface area contributed by atoms with Crippen molar-refractivity contribution in [1.29, 1.82) is 0 Å². The third kappa shape index (κ3) is 5.01. The molecule has 0 unspecified atom stereocenters. The molecule has 10 heteroatoms. The molecule has 0 aliphatic rings. The number of rotatable bonds is 5. The first-order chi connectivity index (χ1) is 14.5. The van der Waals surface area contributed by atoms with Gasteiger partial charge in [-0.2, -0.15) is 0 Å². The van der Waals surface area contributed by atoms with Gasteiger partial charge in [0.15, 0.2) is 10.3 Å². The Hall–Kier alpha value is -2.40. The second kappa shape index (κ2) is 9.17. The van der Waals surface area contributed by atoms with Crippen molar-refractivity contribution in [1.82, 2.24) is 9.97 Å². The minimum absolute atomic E-state index is 0.238. The molecule has 2 amide bonds. The quantitative estimate of drug-likeness (QED) is 0.298. The predicted octanol–water partition coefficient (Wildman–Crippen LogP) is 6.30. The molecule has 0 spiro atoms. The maximum absolute atomic E-state index is 12.4. The normalized spacial score (nSPS) is 10.6. The van der Waals surface area contributed by atoms with E-state index in [0.717, 1.165) is 8.95 Å². The lowest BCUT2D eigenvalue weighted by atomic mass is 10.2. The van der Waals surface area contributed by atoms with E-state index in [1.165, 1.54) is 22.7 Å². The second-order valence-corrected chi connectivity index (χ2v) is 9.55. The molecule has 2 N–H and O–H groups in total. The smallest absolute Gasteiger partial charge is 0.257 e. The van der Waals surface area contributed by atoms with Crippen LogP contribution < -0.4 is 10.6 Å². The van der Waals surface area contributed by atoms with E-state index in [1.807, 2.05) is 22.9 Å². The summed E-state index contributed by atoms with van der Waals surface area (Å²) in [6.07, 6.45) is 0. The zero-order valence-corrected chi connectivity index (χ0v) is 19.9. The Balaban J connectivity index is 1.43. The summed E-state index contributed by atoms with van der Waals surface area (Å²) in [7, 11) is 0. The number of nitrogens with zero attached hydrogens (tertiary/aromatic N) is 2. The molecule has 2 heterocycles. The number of hydrogen-bond donors (Lipinski definition) is 2. The molecule has 2 aromatic heterocycles. The van der Waals surface area contributed by atoms with E-state index in [4.69, 9.17) is 0 Å². The lowest BCUT2D eigenvalue weighted by Crippen LogP contribution is -2.11. The number of carbonyl (C=O) groups excluding carboxylic acids is 2. The van der Waals surface area contributed by atoms with Crippen molar-refractivity contribution in [3.63, 3.8) is 0 Å². The summed E-state index contributed by atoms with van der Waals surface area (Å²) >= 11 is 9.33. The van der Waals surface area contributed by atoms with Crippen LogP contribution in [0.1, 0.15) is 20.7 Å². The van der Waals surface area contributed by atoms with E-state index in [9.17, 15) is 9.59 Å². The van der Waals surface area contributed by atoms with E-state index < -0.39 is 0 Å². The number of amides is 2. The largest absolute Gasteiger partial charge is 0.298 e. The van der Waals surface area contributed by atoms with Gasteiger partial charge in [-0.15, -0.1) is 22.7 Å². The van der Waals surface area contributed by atoms with Gasteiger partial charge in [-0.25, -0.2) is 9.97 Å². The fourth-order valence-corrected chi connectivity index (χ4v) is 4.69. The summed E-state index contributed by atoms with van der Waals surface area (Å²) in [5, 5.41) is 10.2. The fraction of sp³-hybridized carbons (Fsp3) is 0. The summed E-state index contributed by atoms with van der Waals surface area (Å²) < 4.78 is 1.66. The van der Waals surface area contributed by atoms with E-state index in [-0.39, 0.29) is 11.8 Å². The van der Waals surface area contributed by atoms with Crippen LogP contribution in [-0.4, -0.2) is 21.8 Å². The van der Waals surface area contributed by atoms with Crippen molar-refractivity contribution in [2.75, 3.05) is 10.6 Å². The van der Waals surface area contributed by atoms with Crippen LogP contribution in [0.2, 0.25) is 0 Å². The Labute approximate surface area is 196 Å². The van der Waals surface area contributed by atoms with Crippen LogP contribution in [0.25, 0.3) is 11.4 Å². The van der Waals surface area contributed by atoms with Gasteiger partial charge < -0.3 is 0 Å². The number of carbonyl (C=O) groups is 2. The van der Waals surface area contributed by atoms with E-state index in [0.29, 0.717) is 32.8 Å². The molecule has 0 aliphatic carbocycles. The molecule has 150 valence electrons. The molecule has 0 fully saturated rings. The molecule has 0 saturated heterocycles. The molecular weight excluding hydrogens is 552 g/mol. The van der Waals surface area contributed by atoms with Crippen LogP contribution >= 0.6 is 54.5 Å². The fourth-order valence-electron chi connectivity index (χ4n) is 2.50. The Kier molecular flexibility index (Phi) is 6.38. The average molecular weight is 564 g/mol. The monoisotopic (exact) mass is 562 g/mol. The van der Waals surface area contributed by atoms with E-state index in [2.05, 4.69) is 52.5 Å². The maximum Gasteiger partial charge on any atom is 0.257 e. The van der Waals surface area contributed by atoms with Gasteiger partial charge in [-0.3, -0.25) is 20.2 Å². The average Bonchev–Trinajstić information content (AvgIpc) is 3.37. The number of thiazole rings is 2. The highest BCUT2D eigenvalue weighted by Gasteiger charge is 2.14. The number of hydrogen-bond acceptors (Lipinski definition) is 6. The molecular formula is C20H12Br2N4O2S2. The number of nitrogens with one attached hydrogen (secondary N) is 2. The highest BCUT2D eigenvalue weighted by atomic mass is 79.9. The van der Waals surface area contributed by atoms with Crippen LogP contribution in [0.4, 0.5) is 10.3 Å². The third-order valence-electron chi connectivity index (χ3n) is 3.89. The first-order valence-electron chi connectivity index (χ1n) is 8.53. The van der Waals surface area contributed by atoms with Crippen LogP contribution in [0.3, 0.4) is 0 Å². The van der Waals surface area contributed by atoms with Crippen molar-refractivity contribution in [2.45, 2.75) is 0 Å². The molecule has 0 atom stereocenters. The van der Waals surface area contributed by atoms with Crippen molar-refractivity contribution >= 4 is 76.6 Å². The molecule has 4 rings (SSSR count). The highest BCUT2D eigenvalue weighted by Crippen LogP contribution is 2.28. The molecule has 2 aromatic carbocycles. The number of benzene rings is 2. The molecule has 0 radical (unpaired) electrons. The van der Waals surface area contributed by atoms with Crippen molar-refractivity contribution in [3.05, 3.63) is 79.4 Å². The van der Waals surface area contributed by atoms with Crippen LogP contribution in [0.5, 0.6) is 0 Å². The van der Waals surface area contributed by atoms with Crippen LogP contribution in [0.15, 0.2) is 68.2 Å². The summed E-state index contributed by atoms with van der Waals surface area (Å²) in [4.78, 5) is 33.6. The lowest BCUT2D eigenvalue weighted by Gasteiger charge is -2.02. The summed E-state index contributed by atoms with van der Waals surface area (Å²) in [5.41, 5.74) is 2.33. The highest BCUT2D eigenvalue weighted by molar-refractivity contribution is 9.10. The molecule has 0 aliphatic heterocycles. The summed E-state index contributed by atoms with van der Waals surface area (Å²) in [6, 6.07) is 14.2.